The Labute approximate surface area is 108 Å². The molecule has 0 saturated carbocycles. The highest BCUT2D eigenvalue weighted by Gasteiger charge is 2.15. The Balaban J connectivity index is 2.24. The molecule has 2 heterocycles. The van der Waals surface area contributed by atoms with Crippen LogP contribution in [0.25, 0.3) is 10.2 Å². The standard InChI is InChI=1S/C12H15N3O2S/c1-12(2,3)14-9(16)6-15-7-13-10-8(11(15)17)4-5-18-10/h4-5,7H,6H2,1-3H3,(H,14,16). The third kappa shape index (κ3) is 2.76. The topological polar surface area (TPSA) is 64.0 Å². The lowest BCUT2D eigenvalue weighted by atomic mass is 10.1. The Morgan fingerprint density at radius 1 is 1.50 bits per heavy atom. The molecule has 0 aliphatic heterocycles. The summed E-state index contributed by atoms with van der Waals surface area (Å²) in [6, 6.07) is 1.73. The smallest absolute Gasteiger partial charge is 0.262 e. The average molecular weight is 265 g/mol. The summed E-state index contributed by atoms with van der Waals surface area (Å²) in [5.41, 5.74) is -0.481. The molecule has 0 aromatic carbocycles. The van der Waals surface area contributed by atoms with Crippen LogP contribution in [0.2, 0.25) is 0 Å². The van der Waals surface area contributed by atoms with Crippen molar-refractivity contribution in [1.82, 2.24) is 14.9 Å². The molecule has 2 rings (SSSR count). The third-order valence-corrected chi connectivity index (χ3v) is 3.10. The lowest BCUT2D eigenvalue weighted by Gasteiger charge is -2.20. The summed E-state index contributed by atoms with van der Waals surface area (Å²) in [5.74, 6) is -0.194. The maximum Gasteiger partial charge on any atom is 0.262 e. The Kier molecular flexibility index (Phi) is 3.21. The van der Waals surface area contributed by atoms with Crippen molar-refractivity contribution in [1.29, 1.82) is 0 Å². The molecule has 0 saturated heterocycles. The van der Waals surface area contributed by atoms with Gasteiger partial charge in [-0.15, -0.1) is 11.3 Å². The van der Waals surface area contributed by atoms with Crippen molar-refractivity contribution in [3.05, 3.63) is 28.1 Å². The summed E-state index contributed by atoms with van der Waals surface area (Å²) in [7, 11) is 0. The van der Waals surface area contributed by atoms with Crippen LogP contribution in [0.15, 0.2) is 22.6 Å². The minimum Gasteiger partial charge on any atom is -0.350 e. The van der Waals surface area contributed by atoms with Gasteiger partial charge in [0.25, 0.3) is 5.56 Å². The van der Waals surface area contributed by atoms with Crippen molar-refractivity contribution in [3.63, 3.8) is 0 Å². The first kappa shape index (κ1) is 12.8. The number of fused-ring (bicyclic) bond motifs is 1. The lowest BCUT2D eigenvalue weighted by molar-refractivity contribution is -0.123. The van der Waals surface area contributed by atoms with Crippen LogP contribution in [0.3, 0.4) is 0 Å². The SMILES string of the molecule is CC(C)(C)NC(=O)Cn1cnc2sccc2c1=O. The molecular weight excluding hydrogens is 250 g/mol. The second-order valence-corrected chi connectivity index (χ2v) is 6.01. The molecule has 0 spiro atoms. The van der Waals surface area contributed by atoms with Crippen LogP contribution in [-0.4, -0.2) is 21.0 Å². The fourth-order valence-electron chi connectivity index (χ4n) is 1.62. The molecule has 5 nitrogen and oxygen atoms in total. The van der Waals surface area contributed by atoms with E-state index in [0.29, 0.717) is 10.2 Å². The van der Waals surface area contributed by atoms with Gasteiger partial charge in [0.1, 0.15) is 11.4 Å². The van der Waals surface area contributed by atoms with Gasteiger partial charge in [-0.2, -0.15) is 0 Å². The van der Waals surface area contributed by atoms with Crippen LogP contribution in [0.5, 0.6) is 0 Å². The van der Waals surface area contributed by atoms with E-state index in [9.17, 15) is 9.59 Å². The number of carbonyl (C=O) groups excluding carboxylic acids is 1. The van der Waals surface area contributed by atoms with Crippen molar-refractivity contribution in [2.75, 3.05) is 0 Å². The molecule has 6 heteroatoms. The number of hydrogen-bond acceptors (Lipinski definition) is 4. The Bertz CT molecular complexity index is 637. The van der Waals surface area contributed by atoms with Gasteiger partial charge in [0, 0.05) is 5.54 Å². The fourth-order valence-corrected chi connectivity index (χ4v) is 2.34. The quantitative estimate of drug-likeness (QED) is 0.892. The number of nitrogens with zero attached hydrogens (tertiary/aromatic N) is 2. The van der Waals surface area contributed by atoms with Gasteiger partial charge >= 0.3 is 0 Å². The van der Waals surface area contributed by atoms with E-state index in [0.717, 1.165) is 0 Å². The third-order valence-electron chi connectivity index (χ3n) is 2.28. The van der Waals surface area contributed by atoms with Crippen molar-refractivity contribution >= 4 is 27.5 Å². The lowest BCUT2D eigenvalue weighted by Crippen LogP contribution is -2.43. The van der Waals surface area contributed by atoms with Crippen LogP contribution < -0.4 is 10.9 Å². The van der Waals surface area contributed by atoms with E-state index in [2.05, 4.69) is 10.3 Å². The van der Waals surface area contributed by atoms with Gasteiger partial charge in [-0.05, 0) is 32.2 Å². The molecule has 0 fully saturated rings. The van der Waals surface area contributed by atoms with Gasteiger partial charge in [-0.1, -0.05) is 0 Å². The number of aromatic nitrogens is 2. The molecule has 2 aromatic rings. The molecular formula is C12H15N3O2S. The first-order chi connectivity index (χ1) is 8.37. The van der Waals surface area contributed by atoms with Gasteiger partial charge < -0.3 is 5.32 Å². The molecule has 0 aliphatic rings. The van der Waals surface area contributed by atoms with Crippen molar-refractivity contribution in [2.24, 2.45) is 0 Å². The molecule has 96 valence electrons. The molecule has 18 heavy (non-hydrogen) atoms. The summed E-state index contributed by atoms with van der Waals surface area (Å²) in [4.78, 5) is 28.7. The van der Waals surface area contributed by atoms with E-state index in [1.807, 2.05) is 26.2 Å². The molecule has 0 unspecified atom stereocenters. The highest BCUT2D eigenvalue weighted by atomic mass is 32.1. The molecule has 0 atom stereocenters. The van der Waals surface area contributed by atoms with E-state index in [1.54, 1.807) is 6.07 Å². The number of amides is 1. The normalized spacial score (nSPS) is 11.7. The van der Waals surface area contributed by atoms with E-state index in [-0.39, 0.29) is 23.6 Å². The predicted molar refractivity (Wildman–Crippen MR) is 71.8 cm³/mol. The van der Waals surface area contributed by atoms with Crippen molar-refractivity contribution < 1.29 is 4.79 Å². The van der Waals surface area contributed by atoms with E-state index >= 15 is 0 Å². The van der Waals surface area contributed by atoms with Crippen molar-refractivity contribution in [3.8, 4) is 0 Å². The van der Waals surface area contributed by atoms with E-state index in [4.69, 9.17) is 0 Å². The van der Waals surface area contributed by atoms with Gasteiger partial charge in [-0.3, -0.25) is 14.2 Å². The van der Waals surface area contributed by atoms with Gasteiger partial charge in [0.15, 0.2) is 0 Å². The number of carbonyl (C=O) groups is 1. The zero-order valence-electron chi connectivity index (χ0n) is 10.6. The maximum atomic E-state index is 12.0. The maximum absolute atomic E-state index is 12.0. The first-order valence-corrected chi connectivity index (χ1v) is 6.48. The average Bonchev–Trinajstić information content (AvgIpc) is 2.68. The summed E-state index contributed by atoms with van der Waals surface area (Å²) in [6.07, 6.45) is 1.42. The number of thiophene rings is 1. The molecule has 1 amide bonds. The van der Waals surface area contributed by atoms with Crippen LogP contribution in [-0.2, 0) is 11.3 Å². The summed E-state index contributed by atoms with van der Waals surface area (Å²) in [6.45, 7) is 5.69. The zero-order chi connectivity index (χ0) is 13.3. The number of nitrogens with one attached hydrogen (secondary N) is 1. The Morgan fingerprint density at radius 3 is 2.89 bits per heavy atom. The predicted octanol–water partition coefficient (Wildman–Crippen LogP) is 1.37. The zero-order valence-corrected chi connectivity index (χ0v) is 11.4. The van der Waals surface area contributed by atoms with E-state index in [1.165, 1.54) is 22.2 Å². The first-order valence-electron chi connectivity index (χ1n) is 5.60. The molecule has 0 aliphatic carbocycles. The van der Waals surface area contributed by atoms with Crippen LogP contribution in [0.1, 0.15) is 20.8 Å². The minimum atomic E-state index is -0.305. The highest BCUT2D eigenvalue weighted by molar-refractivity contribution is 7.16. The Morgan fingerprint density at radius 2 is 2.22 bits per heavy atom. The van der Waals surface area contributed by atoms with Crippen LogP contribution in [0.4, 0.5) is 0 Å². The Hall–Kier alpha value is -1.69. The molecule has 0 radical (unpaired) electrons. The van der Waals surface area contributed by atoms with Crippen LogP contribution >= 0.6 is 11.3 Å². The van der Waals surface area contributed by atoms with E-state index < -0.39 is 0 Å². The second kappa shape index (κ2) is 4.53. The molecule has 0 bridgehead atoms. The number of rotatable bonds is 2. The minimum absolute atomic E-state index is 0.00507. The monoisotopic (exact) mass is 265 g/mol. The number of hydrogen-bond donors (Lipinski definition) is 1. The largest absolute Gasteiger partial charge is 0.350 e. The fraction of sp³-hybridized carbons (Fsp3) is 0.417. The summed E-state index contributed by atoms with van der Waals surface area (Å²) >= 11 is 1.41. The van der Waals surface area contributed by atoms with Gasteiger partial charge in [0.05, 0.1) is 11.7 Å². The molecule has 1 N–H and O–H groups in total. The van der Waals surface area contributed by atoms with Gasteiger partial charge in [-0.25, -0.2) is 4.98 Å². The van der Waals surface area contributed by atoms with Crippen molar-refractivity contribution in [2.45, 2.75) is 32.9 Å². The molecule has 2 aromatic heterocycles. The van der Waals surface area contributed by atoms with Gasteiger partial charge in [0.2, 0.25) is 5.91 Å². The van der Waals surface area contributed by atoms with Crippen LogP contribution in [0, 0.1) is 0 Å². The highest BCUT2D eigenvalue weighted by Crippen LogP contribution is 2.13. The summed E-state index contributed by atoms with van der Waals surface area (Å²) < 4.78 is 1.33. The second-order valence-electron chi connectivity index (χ2n) is 5.12. The summed E-state index contributed by atoms with van der Waals surface area (Å²) in [5, 5.41) is 5.19.